The van der Waals surface area contributed by atoms with Gasteiger partial charge in [0.1, 0.15) is 11.5 Å². The van der Waals surface area contributed by atoms with Crippen molar-refractivity contribution >= 4 is 33.2 Å². The van der Waals surface area contributed by atoms with Crippen LogP contribution in [-0.2, 0) is 0 Å². The van der Waals surface area contributed by atoms with Crippen LogP contribution < -0.4 is 10.5 Å². The molecule has 17 heavy (non-hydrogen) atoms. The third-order valence-electron chi connectivity index (χ3n) is 2.33. The molecule has 0 unspecified atom stereocenters. The Morgan fingerprint density at radius 3 is 2.59 bits per heavy atom. The van der Waals surface area contributed by atoms with E-state index in [9.17, 15) is 0 Å². The van der Waals surface area contributed by atoms with Crippen molar-refractivity contribution in [3.63, 3.8) is 0 Å². The smallest absolute Gasteiger partial charge is 0.150 e. The van der Waals surface area contributed by atoms with Crippen molar-refractivity contribution < 1.29 is 4.74 Å². The zero-order valence-corrected chi connectivity index (χ0v) is 11.5. The second kappa shape index (κ2) is 4.98. The van der Waals surface area contributed by atoms with Gasteiger partial charge in [-0.15, -0.1) is 0 Å². The van der Waals surface area contributed by atoms with Gasteiger partial charge in [0.25, 0.3) is 0 Å². The molecule has 0 aliphatic heterocycles. The highest BCUT2D eigenvalue weighted by Gasteiger charge is 2.04. The van der Waals surface area contributed by atoms with E-state index in [0.717, 1.165) is 15.8 Å². The molecule has 0 saturated carbocycles. The molecule has 2 rings (SSSR count). The van der Waals surface area contributed by atoms with E-state index in [1.165, 1.54) is 0 Å². The second-order valence-electron chi connectivity index (χ2n) is 3.70. The monoisotopic (exact) mass is 311 g/mol. The van der Waals surface area contributed by atoms with Crippen LogP contribution in [0.15, 0.2) is 40.9 Å². The van der Waals surface area contributed by atoms with Gasteiger partial charge in [-0.1, -0.05) is 27.5 Å². The van der Waals surface area contributed by atoms with Crippen LogP contribution in [-0.4, -0.2) is 0 Å². The van der Waals surface area contributed by atoms with Crippen LogP contribution in [0.4, 0.5) is 5.69 Å². The van der Waals surface area contributed by atoms with E-state index in [1.807, 2.05) is 25.1 Å². The number of aryl methyl sites for hydroxylation is 1. The van der Waals surface area contributed by atoms with Gasteiger partial charge in [-0.2, -0.15) is 0 Å². The minimum absolute atomic E-state index is 0.526. The standard InChI is InChI=1S/C13H11BrClNO/c1-8-6-10(3-4-11(8)14)17-13-5-2-9(15)7-12(13)16/h2-7H,16H2,1H3. The summed E-state index contributed by atoms with van der Waals surface area (Å²) in [7, 11) is 0. The Bertz CT molecular complexity index is 557. The fourth-order valence-electron chi connectivity index (χ4n) is 1.42. The highest BCUT2D eigenvalue weighted by atomic mass is 79.9. The van der Waals surface area contributed by atoms with Gasteiger partial charge in [-0.05, 0) is 48.9 Å². The summed E-state index contributed by atoms with van der Waals surface area (Å²) in [5.74, 6) is 1.36. The van der Waals surface area contributed by atoms with Crippen LogP contribution in [0.5, 0.6) is 11.5 Å². The van der Waals surface area contributed by atoms with E-state index in [0.29, 0.717) is 16.5 Å². The predicted octanol–water partition coefficient (Wildman–Crippen LogP) is 4.79. The minimum Gasteiger partial charge on any atom is -0.455 e. The lowest BCUT2D eigenvalue weighted by molar-refractivity contribution is 0.484. The number of halogens is 2. The summed E-state index contributed by atoms with van der Waals surface area (Å²) < 4.78 is 6.75. The van der Waals surface area contributed by atoms with E-state index in [-0.39, 0.29) is 0 Å². The minimum atomic E-state index is 0.526. The van der Waals surface area contributed by atoms with Gasteiger partial charge in [0.2, 0.25) is 0 Å². The molecule has 0 atom stereocenters. The Hall–Kier alpha value is -1.19. The molecule has 0 radical (unpaired) electrons. The lowest BCUT2D eigenvalue weighted by Gasteiger charge is -2.09. The highest BCUT2D eigenvalue weighted by molar-refractivity contribution is 9.10. The van der Waals surface area contributed by atoms with Gasteiger partial charge < -0.3 is 10.5 Å². The fourth-order valence-corrected chi connectivity index (χ4v) is 1.85. The van der Waals surface area contributed by atoms with Gasteiger partial charge >= 0.3 is 0 Å². The summed E-state index contributed by atoms with van der Waals surface area (Å²) in [6.45, 7) is 2.00. The van der Waals surface area contributed by atoms with Crippen molar-refractivity contribution in [2.24, 2.45) is 0 Å². The third kappa shape index (κ3) is 2.93. The maximum atomic E-state index is 5.82. The van der Waals surface area contributed by atoms with E-state index in [4.69, 9.17) is 22.1 Å². The summed E-state index contributed by atoms with van der Waals surface area (Å²) >= 11 is 9.27. The number of anilines is 1. The number of ether oxygens (including phenoxy) is 1. The second-order valence-corrected chi connectivity index (χ2v) is 4.99. The Morgan fingerprint density at radius 2 is 1.94 bits per heavy atom. The van der Waals surface area contributed by atoms with Crippen molar-refractivity contribution in [2.45, 2.75) is 6.92 Å². The van der Waals surface area contributed by atoms with Crippen molar-refractivity contribution in [3.8, 4) is 11.5 Å². The molecule has 0 aliphatic rings. The molecule has 0 amide bonds. The molecule has 2 aromatic carbocycles. The molecule has 2 aromatic rings. The normalized spacial score (nSPS) is 10.3. The largest absolute Gasteiger partial charge is 0.455 e. The van der Waals surface area contributed by atoms with E-state index >= 15 is 0 Å². The van der Waals surface area contributed by atoms with Crippen molar-refractivity contribution in [3.05, 3.63) is 51.5 Å². The summed E-state index contributed by atoms with van der Waals surface area (Å²) in [5.41, 5.74) is 7.45. The highest BCUT2D eigenvalue weighted by Crippen LogP contribution is 2.31. The molecule has 2 nitrogen and oxygen atoms in total. The lowest BCUT2D eigenvalue weighted by Crippen LogP contribution is -1.92. The van der Waals surface area contributed by atoms with Crippen LogP contribution in [0.2, 0.25) is 5.02 Å². The van der Waals surface area contributed by atoms with Crippen LogP contribution >= 0.6 is 27.5 Å². The van der Waals surface area contributed by atoms with Crippen LogP contribution in [0.3, 0.4) is 0 Å². The molecule has 4 heteroatoms. The number of nitrogens with two attached hydrogens (primary N) is 1. The first-order chi connectivity index (χ1) is 8.06. The first-order valence-electron chi connectivity index (χ1n) is 5.05. The lowest BCUT2D eigenvalue weighted by atomic mass is 10.2. The fraction of sp³-hybridized carbons (Fsp3) is 0.0769. The molecule has 0 heterocycles. The summed E-state index contributed by atoms with van der Waals surface area (Å²) in [5, 5.41) is 0.599. The van der Waals surface area contributed by atoms with Crippen LogP contribution in [0.1, 0.15) is 5.56 Å². The first kappa shape index (κ1) is 12.3. The first-order valence-corrected chi connectivity index (χ1v) is 6.22. The van der Waals surface area contributed by atoms with Crippen LogP contribution in [0, 0.1) is 6.92 Å². The maximum Gasteiger partial charge on any atom is 0.150 e. The van der Waals surface area contributed by atoms with E-state index in [2.05, 4.69) is 15.9 Å². The molecule has 0 bridgehead atoms. The molecule has 0 aliphatic carbocycles. The van der Waals surface area contributed by atoms with E-state index < -0.39 is 0 Å². The van der Waals surface area contributed by atoms with Gasteiger partial charge in [-0.3, -0.25) is 0 Å². The zero-order chi connectivity index (χ0) is 12.4. The topological polar surface area (TPSA) is 35.2 Å². The summed E-state index contributed by atoms with van der Waals surface area (Å²) in [4.78, 5) is 0. The van der Waals surface area contributed by atoms with Gasteiger partial charge in [0, 0.05) is 9.50 Å². The molecular formula is C13H11BrClNO. The van der Waals surface area contributed by atoms with Crippen LogP contribution in [0.25, 0.3) is 0 Å². The Balaban J connectivity index is 2.28. The molecule has 0 fully saturated rings. The molecule has 0 spiro atoms. The van der Waals surface area contributed by atoms with Gasteiger partial charge in [0.15, 0.2) is 0 Å². The number of hydrogen-bond donors (Lipinski definition) is 1. The predicted molar refractivity (Wildman–Crippen MR) is 74.8 cm³/mol. The van der Waals surface area contributed by atoms with Crippen molar-refractivity contribution in [2.75, 3.05) is 5.73 Å². The Labute approximate surface area is 113 Å². The van der Waals surface area contributed by atoms with E-state index in [1.54, 1.807) is 18.2 Å². The molecule has 0 aromatic heterocycles. The summed E-state index contributed by atoms with van der Waals surface area (Å²) in [6.07, 6.45) is 0. The van der Waals surface area contributed by atoms with Crippen molar-refractivity contribution in [1.29, 1.82) is 0 Å². The van der Waals surface area contributed by atoms with Gasteiger partial charge in [0.05, 0.1) is 5.69 Å². The molecular weight excluding hydrogens is 302 g/mol. The summed E-state index contributed by atoms with van der Waals surface area (Å²) in [6, 6.07) is 10.9. The third-order valence-corrected chi connectivity index (χ3v) is 3.45. The number of rotatable bonds is 2. The van der Waals surface area contributed by atoms with Gasteiger partial charge in [-0.25, -0.2) is 0 Å². The Kier molecular flexibility index (Phi) is 3.60. The quantitative estimate of drug-likeness (QED) is 0.810. The molecule has 0 saturated heterocycles. The van der Waals surface area contributed by atoms with Crippen molar-refractivity contribution in [1.82, 2.24) is 0 Å². The Morgan fingerprint density at radius 1 is 1.18 bits per heavy atom. The average molecular weight is 313 g/mol. The average Bonchev–Trinajstić information content (AvgIpc) is 2.27. The number of hydrogen-bond acceptors (Lipinski definition) is 2. The zero-order valence-electron chi connectivity index (χ0n) is 9.21. The maximum absolute atomic E-state index is 5.82. The number of benzene rings is 2. The molecule has 2 N–H and O–H groups in total. The number of nitrogen functional groups attached to an aromatic ring is 1. The SMILES string of the molecule is Cc1cc(Oc2ccc(Cl)cc2N)ccc1Br. The molecule has 88 valence electrons.